The van der Waals surface area contributed by atoms with Crippen LogP contribution in [0.5, 0.6) is 0 Å². The van der Waals surface area contributed by atoms with Crippen LogP contribution >= 0.6 is 0 Å². The molecule has 1 unspecified atom stereocenters. The Labute approximate surface area is 112 Å². The fourth-order valence-corrected chi connectivity index (χ4v) is 2.37. The fraction of sp³-hybridized carbons (Fsp3) is 0.312. The van der Waals surface area contributed by atoms with Gasteiger partial charge in [0.25, 0.3) is 0 Å². The summed E-state index contributed by atoms with van der Waals surface area (Å²) in [5, 5.41) is 18.9. The van der Waals surface area contributed by atoms with E-state index in [0.717, 1.165) is 30.5 Å². The highest BCUT2D eigenvalue weighted by molar-refractivity contribution is 5.33. The summed E-state index contributed by atoms with van der Waals surface area (Å²) in [6, 6.07) is 11.8. The molecule has 1 fully saturated rings. The van der Waals surface area contributed by atoms with E-state index in [1.54, 1.807) is 6.07 Å². The minimum Gasteiger partial charge on any atom is -0.388 e. The highest BCUT2D eigenvalue weighted by Gasteiger charge is 2.31. The number of benzene rings is 1. The van der Waals surface area contributed by atoms with Crippen molar-refractivity contribution in [3.8, 4) is 6.07 Å². The van der Waals surface area contributed by atoms with Gasteiger partial charge in [0.1, 0.15) is 0 Å². The van der Waals surface area contributed by atoms with Crippen molar-refractivity contribution in [3.05, 3.63) is 59.4 Å². The molecule has 3 nitrogen and oxygen atoms in total. The van der Waals surface area contributed by atoms with Crippen LogP contribution in [0, 0.1) is 17.2 Å². The van der Waals surface area contributed by atoms with E-state index in [2.05, 4.69) is 10.6 Å². The van der Waals surface area contributed by atoms with Gasteiger partial charge >= 0.3 is 0 Å². The van der Waals surface area contributed by atoms with Crippen molar-refractivity contribution < 1.29 is 5.11 Å². The van der Waals surface area contributed by atoms with Crippen LogP contribution in [0.15, 0.2) is 42.7 Å². The second kappa shape index (κ2) is 4.91. The molecule has 1 aromatic heterocycles. The molecule has 1 aliphatic carbocycles. The van der Waals surface area contributed by atoms with Gasteiger partial charge in [-0.1, -0.05) is 12.1 Å². The van der Waals surface area contributed by atoms with Crippen molar-refractivity contribution in [1.82, 2.24) is 4.57 Å². The Balaban J connectivity index is 1.74. The van der Waals surface area contributed by atoms with E-state index >= 15 is 0 Å². The molecule has 1 heterocycles. The predicted octanol–water partition coefficient (Wildman–Crippen LogP) is 2.85. The van der Waals surface area contributed by atoms with Gasteiger partial charge in [0.15, 0.2) is 0 Å². The van der Waals surface area contributed by atoms with Crippen LogP contribution in [0.3, 0.4) is 0 Å². The summed E-state index contributed by atoms with van der Waals surface area (Å²) < 4.78 is 2.05. The summed E-state index contributed by atoms with van der Waals surface area (Å²) in [4.78, 5) is 0. The van der Waals surface area contributed by atoms with Crippen LogP contribution in [0.25, 0.3) is 0 Å². The largest absolute Gasteiger partial charge is 0.388 e. The summed E-state index contributed by atoms with van der Waals surface area (Å²) in [5.41, 5.74) is 2.78. The molecule has 1 saturated carbocycles. The Morgan fingerprint density at radius 3 is 2.95 bits per heavy atom. The first-order valence-corrected chi connectivity index (χ1v) is 6.59. The van der Waals surface area contributed by atoms with Crippen LogP contribution < -0.4 is 0 Å². The zero-order valence-electron chi connectivity index (χ0n) is 10.7. The van der Waals surface area contributed by atoms with Gasteiger partial charge in [0.05, 0.1) is 17.7 Å². The molecule has 0 saturated heterocycles. The Hall–Kier alpha value is -2.05. The first kappa shape index (κ1) is 12.0. The van der Waals surface area contributed by atoms with Gasteiger partial charge in [0, 0.05) is 18.9 Å². The third-order valence-corrected chi connectivity index (χ3v) is 3.60. The zero-order valence-corrected chi connectivity index (χ0v) is 10.7. The summed E-state index contributed by atoms with van der Waals surface area (Å²) in [6.45, 7) is 0.729. The van der Waals surface area contributed by atoms with E-state index in [1.165, 1.54) is 0 Å². The molecule has 3 heteroatoms. The summed E-state index contributed by atoms with van der Waals surface area (Å²) >= 11 is 0. The minimum absolute atomic E-state index is 0.313. The molecule has 0 aliphatic heterocycles. The van der Waals surface area contributed by atoms with E-state index in [0.29, 0.717) is 11.5 Å². The summed E-state index contributed by atoms with van der Waals surface area (Å²) in [7, 11) is 0. The number of aromatic nitrogens is 1. The Kier molecular flexibility index (Phi) is 3.10. The first-order chi connectivity index (χ1) is 9.26. The molecule has 19 heavy (non-hydrogen) atoms. The molecule has 1 N–H and O–H groups in total. The van der Waals surface area contributed by atoms with E-state index in [4.69, 9.17) is 5.26 Å². The van der Waals surface area contributed by atoms with Crippen LogP contribution in [-0.2, 0) is 6.54 Å². The molecule has 2 aromatic rings. The van der Waals surface area contributed by atoms with Crippen molar-refractivity contribution in [3.63, 3.8) is 0 Å². The van der Waals surface area contributed by atoms with E-state index in [9.17, 15) is 5.11 Å². The Morgan fingerprint density at radius 2 is 2.21 bits per heavy atom. The average molecular weight is 252 g/mol. The van der Waals surface area contributed by atoms with Crippen molar-refractivity contribution >= 4 is 0 Å². The fourth-order valence-electron chi connectivity index (χ4n) is 2.37. The van der Waals surface area contributed by atoms with Gasteiger partial charge in [-0.05, 0) is 48.1 Å². The summed E-state index contributed by atoms with van der Waals surface area (Å²) in [5.74, 6) is 0.456. The minimum atomic E-state index is -0.313. The second-order valence-corrected chi connectivity index (χ2v) is 5.21. The van der Waals surface area contributed by atoms with Gasteiger partial charge in [-0.3, -0.25) is 0 Å². The summed E-state index contributed by atoms with van der Waals surface area (Å²) in [6.07, 6.45) is 5.95. The van der Waals surface area contributed by atoms with E-state index in [1.807, 2.05) is 36.7 Å². The third kappa shape index (κ3) is 2.69. The number of rotatable bonds is 4. The topological polar surface area (TPSA) is 49.0 Å². The number of hydrogen-bond acceptors (Lipinski definition) is 2. The number of hydrogen-bond donors (Lipinski definition) is 1. The number of aliphatic hydroxyl groups excluding tert-OH is 1. The van der Waals surface area contributed by atoms with Crippen molar-refractivity contribution in [2.75, 3.05) is 0 Å². The monoisotopic (exact) mass is 252 g/mol. The van der Waals surface area contributed by atoms with E-state index < -0.39 is 0 Å². The molecule has 0 bridgehead atoms. The second-order valence-electron chi connectivity index (χ2n) is 5.21. The van der Waals surface area contributed by atoms with Gasteiger partial charge in [-0.15, -0.1) is 0 Å². The lowest BCUT2D eigenvalue weighted by molar-refractivity contribution is 0.154. The molecular formula is C16H16N2O. The lowest BCUT2D eigenvalue weighted by atomic mass is 10.1. The van der Waals surface area contributed by atoms with Crippen molar-refractivity contribution in [2.45, 2.75) is 25.5 Å². The highest BCUT2D eigenvalue weighted by atomic mass is 16.3. The third-order valence-electron chi connectivity index (χ3n) is 3.60. The highest BCUT2D eigenvalue weighted by Crippen LogP contribution is 2.40. The first-order valence-electron chi connectivity index (χ1n) is 6.59. The Bertz CT molecular complexity index is 620. The maximum Gasteiger partial charge on any atom is 0.0991 e. The quantitative estimate of drug-likeness (QED) is 0.909. The normalized spacial score (nSPS) is 16.0. The molecular weight excluding hydrogens is 236 g/mol. The molecule has 0 spiro atoms. The standard InChI is InChI=1S/C16H16N2O/c17-9-12-2-1-3-13(8-12)10-18-7-6-15(11-18)16(19)14-4-5-14/h1-3,6-8,11,14,16,19H,4-5,10H2. The SMILES string of the molecule is N#Cc1cccc(Cn2ccc(C(O)C3CC3)c2)c1. The van der Waals surface area contributed by atoms with Gasteiger partial charge in [-0.2, -0.15) is 5.26 Å². The lowest BCUT2D eigenvalue weighted by Crippen LogP contribution is -1.99. The zero-order chi connectivity index (χ0) is 13.2. The lowest BCUT2D eigenvalue weighted by Gasteiger charge is -2.06. The molecule has 0 radical (unpaired) electrons. The van der Waals surface area contributed by atoms with Crippen LogP contribution in [0.2, 0.25) is 0 Å². The molecule has 0 amide bonds. The van der Waals surface area contributed by atoms with Crippen LogP contribution in [0.4, 0.5) is 0 Å². The maximum absolute atomic E-state index is 10.1. The van der Waals surface area contributed by atoms with Crippen LogP contribution in [0.1, 0.15) is 35.6 Å². The number of nitrogens with zero attached hydrogens (tertiary/aromatic N) is 2. The Morgan fingerprint density at radius 1 is 1.37 bits per heavy atom. The van der Waals surface area contributed by atoms with Gasteiger partial charge in [0.2, 0.25) is 0 Å². The molecule has 96 valence electrons. The van der Waals surface area contributed by atoms with Crippen molar-refractivity contribution in [2.24, 2.45) is 5.92 Å². The van der Waals surface area contributed by atoms with Gasteiger partial charge < -0.3 is 9.67 Å². The smallest absolute Gasteiger partial charge is 0.0991 e. The number of aliphatic hydroxyl groups is 1. The van der Waals surface area contributed by atoms with Gasteiger partial charge in [-0.25, -0.2) is 0 Å². The predicted molar refractivity (Wildman–Crippen MR) is 72.4 cm³/mol. The van der Waals surface area contributed by atoms with E-state index in [-0.39, 0.29) is 6.10 Å². The van der Waals surface area contributed by atoms with Crippen LogP contribution in [-0.4, -0.2) is 9.67 Å². The molecule has 1 aliphatic rings. The number of nitriles is 1. The van der Waals surface area contributed by atoms with Crippen molar-refractivity contribution in [1.29, 1.82) is 5.26 Å². The maximum atomic E-state index is 10.1. The molecule has 1 aromatic carbocycles. The molecule has 1 atom stereocenters. The molecule has 3 rings (SSSR count). The average Bonchev–Trinajstić information content (AvgIpc) is 3.19.